The summed E-state index contributed by atoms with van der Waals surface area (Å²) in [5.74, 6) is 3.87. The SMILES string of the molecule is c1ccc(-c2nc(-c3ccccc3)nc(-c3ccc4c5ccc(-c6cccc7c6c6cccc(-c8ccccc8)c6n7-c6ccccc6)cc5c5ccccc5c4c3)n2)cc1.c1ccc(-c2nc(-c3ccccc3)nc(-c3cccc4c3c3cc(-c5ccc6c7ccccc7c7ccccc7c6c5)ccc3n4-c3ccccc3)n2)cc1. The average Bonchev–Trinajstić information content (AvgIpc) is 1.37. The highest BCUT2D eigenvalue weighted by Crippen LogP contribution is 2.47. The zero-order valence-electron chi connectivity index (χ0n) is 62.8. The fraction of sp³-hybridized carbons (Fsp3) is 0. The van der Waals surface area contributed by atoms with Crippen LogP contribution in [-0.2, 0) is 0 Å². The van der Waals surface area contributed by atoms with Crippen molar-refractivity contribution in [1.29, 1.82) is 0 Å². The maximum atomic E-state index is 5.18. The lowest BCUT2D eigenvalue weighted by Crippen LogP contribution is -2.00. The quantitative estimate of drug-likeness (QED) is 0.120. The number of rotatable bonds is 11. The maximum absolute atomic E-state index is 5.18. The van der Waals surface area contributed by atoms with Gasteiger partial charge in [-0.15, -0.1) is 0 Å². The van der Waals surface area contributed by atoms with E-state index in [4.69, 9.17) is 29.9 Å². The minimum atomic E-state index is 0.639. The van der Waals surface area contributed by atoms with Crippen molar-refractivity contribution in [2.24, 2.45) is 0 Å². The van der Waals surface area contributed by atoms with Gasteiger partial charge in [0.05, 0.1) is 22.1 Å². The van der Waals surface area contributed by atoms with Gasteiger partial charge in [-0.25, -0.2) is 29.9 Å². The Hall–Kier alpha value is -15.6. The molecular formula is C108H68N8. The fourth-order valence-electron chi connectivity index (χ4n) is 17.6. The van der Waals surface area contributed by atoms with E-state index in [1.807, 2.05) is 97.1 Å². The van der Waals surface area contributed by atoms with Gasteiger partial charge in [0.25, 0.3) is 0 Å². The van der Waals surface area contributed by atoms with Gasteiger partial charge in [-0.05, 0) is 159 Å². The average molecular weight is 1480 g/mol. The van der Waals surface area contributed by atoms with Crippen molar-refractivity contribution < 1.29 is 0 Å². The molecule has 540 valence electrons. The van der Waals surface area contributed by atoms with E-state index in [0.717, 1.165) is 77.5 Å². The van der Waals surface area contributed by atoms with Gasteiger partial charge >= 0.3 is 0 Å². The molecule has 4 heterocycles. The number of benzene rings is 19. The summed E-state index contributed by atoms with van der Waals surface area (Å²) in [4.78, 5) is 30.4. The van der Waals surface area contributed by atoms with E-state index in [-0.39, 0.29) is 0 Å². The molecule has 23 rings (SSSR count). The van der Waals surface area contributed by atoms with Gasteiger partial charge < -0.3 is 9.13 Å². The molecule has 116 heavy (non-hydrogen) atoms. The van der Waals surface area contributed by atoms with Crippen molar-refractivity contribution in [2.75, 3.05) is 0 Å². The Labute approximate surface area is 668 Å². The molecular weight excluding hydrogens is 1410 g/mol. The first-order valence-corrected chi connectivity index (χ1v) is 39.3. The van der Waals surface area contributed by atoms with Crippen LogP contribution in [0.4, 0.5) is 0 Å². The van der Waals surface area contributed by atoms with Crippen molar-refractivity contribution in [2.45, 2.75) is 0 Å². The molecule has 23 aromatic rings. The molecule has 0 N–H and O–H groups in total. The lowest BCUT2D eigenvalue weighted by molar-refractivity contribution is 1.07. The van der Waals surface area contributed by atoms with Crippen LogP contribution in [-0.4, -0.2) is 39.0 Å². The second-order valence-corrected chi connectivity index (χ2v) is 29.5. The zero-order chi connectivity index (χ0) is 76.6. The minimum Gasteiger partial charge on any atom is -0.309 e. The van der Waals surface area contributed by atoms with Gasteiger partial charge in [-0.1, -0.05) is 346 Å². The Balaban J connectivity index is 0.000000141. The van der Waals surface area contributed by atoms with Crippen LogP contribution in [0.15, 0.2) is 413 Å². The lowest BCUT2D eigenvalue weighted by atomic mass is 9.90. The van der Waals surface area contributed by atoms with Crippen LogP contribution in [0.3, 0.4) is 0 Å². The molecule has 0 spiro atoms. The maximum Gasteiger partial charge on any atom is 0.164 e. The molecule has 4 aromatic heterocycles. The smallest absolute Gasteiger partial charge is 0.164 e. The van der Waals surface area contributed by atoms with Crippen LogP contribution < -0.4 is 0 Å². The second-order valence-electron chi connectivity index (χ2n) is 29.5. The number of aromatic nitrogens is 8. The van der Waals surface area contributed by atoms with E-state index in [9.17, 15) is 0 Å². The van der Waals surface area contributed by atoms with Crippen LogP contribution in [0.25, 0.3) is 221 Å². The predicted octanol–water partition coefficient (Wildman–Crippen LogP) is 27.9. The number of hydrogen-bond acceptors (Lipinski definition) is 6. The summed E-state index contributed by atoms with van der Waals surface area (Å²) in [6.07, 6.45) is 0. The van der Waals surface area contributed by atoms with Crippen molar-refractivity contribution >= 4 is 108 Å². The monoisotopic (exact) mass is 1480 g/mol. The fourth-order valence-corrected chi connectivity index (χ4v) is 17.6. The summed E-state index contributed by atoms with van der Waals surface area (Å²) in [6, 6.07) is 146. The summed E-state index contributed by atoms with van der Waals surface area (Å²) in [5, 5.41) is 19.5. The van der Waals surface area contributed by atoms with Gasteiger partial charge in [0.2, 0.25) is 0 Å². The summed E-state index contributed by atoms with van der Waals surface area (Å²) < 4.78 is 4.80. The first kappa shape index (κ1) is 67.3. The number of nitrogens with zero attached hydrogens (tertiary/aromatic N) is 8. The largest absolute Gasteiger partial charge is 0.309 e. The van der Waals surface area contributed by atoms with Crippen LogP contribution in [0, 0.1) is 0 Å². The lowest BCUT2D eigenvalue weighted by Gasteiger charge is -2.14. The molecule has 0 aliphatic rings. The summed E-state index contributed by atoms with van der Waals surface area (Å²) >= 11 is 0. The van der Waals surface area contributed by atoms with Gasteiger partial charge in [0.1, 0.15) is 0 Å². The zero-order valence-corrected chi connectivity index (χ0v) is 62.8. The molecule has 0 saturated heterocycles. The number of fused-ring (bicyclic) bond motifs is 18. The molecule has 0 bridgehead atoms. The van der Waals surface area contributed by atoms with Gasteiger partial charge in [-0.2, -0.15) is 0 Å². The third-order valence-electron chi connectivity index (χ3n) is 22.8. The highest BCUT2D eigenvalue weighted by molar-refractivity contribution is 6.28. The Morgan fingerprint density at radius 2 is 0.440 bits per heavy atom. The molecule has 8 nitrogen and oxygen atoms in total. The minimum absolute atomic E-state index is 0.639. The molecule has 0 unspecified atom stereocenters. The molecule has 0 radical (unpaired) electrons. The Morgan fingerprint density at radius 3 is 0.905 bits per heavy atom. The van der Waals surface area contributed by atoms with Gasteiger partial charge in [0.15, 0.2) is 34.9 Å². The Kier molecular flexibility index (Phi) is 16.4. The van der Waals surface area contributed by atoms with Crippen LogP contribution in [0.2, 0.25) is 0 Å². The molecule has 0 saturated carbocycles. The third kappa shape index (κ3) is 11.6. The van der Waals surface area contributed by atoms with Crippen molar-refractivity contribution in [3.8, 4) is 113 Å². The van der Waals surface area contributed by atoms with Crippen LogP contribution >= 0.6 is 0 Å². The van der Waals surface area contributed by atoms with Crippen molar-refractivity contribution in [1.82, 2.24) is 39.0 Å². The first-order valence-electron chi connectivity index (χ1n) is 39.3. The molecule has 0 amide bonds. The number of para-hydroxylation sites is 3. The van der Waals surface area contributed by atoms with E-state index in [0.29, 0.717) is 34.9 Å². The standard InChI is InChI=1S/C57H36N4.C51H32N4/c1-5-17-37(18-6-1)44-28-15-29-49-53-43(27-16-30-52(53)61(54(44)49)42-23-11-4-12-24-42)40-31-33-47-48-34-32-41(36-51(48)46-26-14-13-25-45(46)50(47)35-40)57-59-55(38-19-7-2-8-20-38)58-56(60-57)39-21-9-3-10-22-39;1-4-15-33(16-5-1)49-52-50(34-17-6-2-7-18-34)54-51(53-49)43-25-14-26-47-48(43)45-32-36(28-30-46(45)55(47)37-19-8-3-9-20-37)35-27-29-42-40-23-11-10-21-38(40)39-22-12-13-24-41(39)44(42)31-35/h1-36H;1-32H. The van der Waals surface area contributed by atoms with E-state index in [1.54, 1.807) is 0 Å². The van der Waals surface area contributed by atoms with E-state index in [2.05, 4.69) is 325 Å². The van der Waals surface area contributed by atoms with Crippen molar-refractivity contribution in [3.05, 3.63) is 413 Å². The summed E-state index contributed by atoms with van der Waals surface area (Å²) in [6.45, 7) is 0. The van der Waals surface area contributed by atoms with E-state index < -0.39 is 0 Å². The Bertz CT molecular complexity index is 7610. The van der Waals surface area contributed by atoms with Gasteiger partial charge in [0, 0.05) is 71.9 Å². The van der Waals surface area contributed by atoms with Gasteiger partial charge in [-0.3, -0.25) is 0 Å². The van der Waals surface area contributed by atoms with Crippen molar-refractivity contribution in [3.63, 3.8) is 0 Å². The highest BCUT2D eigenvalue weighted by Gasteiger charge is 2.25. The summed E-state index contributed by atoms with van der Waals surface area (Å²) in [7, 11) is 0. The molecule has 0 aliphatic carbocycles. The van der Waals surface area contributed by atoms with E-state index >= 15 is 0 Å². The second kappa shape index (κ2) is 28.3. The van der Waals surface area contributed by atoms with Crippen LogP contribution in [0.5, 0.6) is 0 Å². The summed E-state index contributed by atoms with van der Waals surface area (Å²) in [5.41, 5.74) is 19.7. The molecule has 0 fully saturated rings. The van der Waals surface area contributed by atoms with Crippen LogP contribution in [0.1, 0.15) is 0 Å². The Morgan fingerprint density at radius 1 is 0.147 bits per heavy atom. The normalized spacial score (nSPS) is 11.6. The highest BCUT2D eigenvalue weighted by atomic mass is 15.1. The topological polar surface area (TPSA) is 87.2 Å². The molecule has 0 aliphatic heterocycles. The third-order valence-corrected chi connectivity index (χ3v) is 22.8. The first-order chi connectivity index (χ1) is 57.5. The number of hydrogen-bond donors (Lipinski definition) is 0. The molecule has 8 heteroatoms. The predicted molar refractivity (Wildman–Crippen MR) is 482 cm³/mol. The molecule has 19 aromatic carbocycles. The molecule has 0 atom stereocenters. The van der Waals surface area contributed by atoms with E-state index in [1.165, 1.54) is 109 Å².